The number of benzene rings is 1. The van der Waals surface area contributed by atoms with Gasteiger partial charge in [-0.1, -0.05) is 18.2 Å². The molecule has 1 rings (SSSR count). The number of halogens is 3. The van der Waals surface area contributed by atoms with Gasteiger partial charge in [-0.25, -0.2) is 0 Å². The Morgan fingerprint density at radius 2 is 1.64 bits per heavy atom. The van der Waals surface area contributed by atoms with Crippen LogP contribution in [-0.4, -0.2) is 6.00 Å². The van der Waals surface area contributed by atoms with Gasteiger partial charge < -0.3 is 5.73 Å². The van der Waals surface area contributed by atoms with Crippen LogP contribution in [0.5, 0.6) is 0 Å². The molecule has 5 heteroatoms. The molecule has 0 aliphatic carbocycles. The fourth-order valence-corrected chi connectivity index (χ4v) is 3.00. The van der Waals surface area contributed by atoms with Crippen molar-refractivity contribution in [3.63, 3.8) is 0 Å². The lowest BCUT2D eigenvalue weighted by Gasteiger charge is -2.09. The molecule has 0 bridgehead atoms. The molecule has 1 aromatic carbocycles. The molecular weight excluding hydrogens is 221 g/mol. The fraction of sp³-hybridized carbons (Fsp3) is 0. The van der Waals surface area contributed by atoms with Crippen LogP contribution in [0.1, 0.15) is 0 Å². The topological polar surface area (TPSA) is 26.0 Å². The maximum atomic E-state index is 5.75. The van der Waals surface area contributed by atoms with Crippen LogP contribution >= 0.6 is 33.2 Å². The first-order valence-electron chi connectivity index (χ1n) is 2.93. The molecule has 0 aliphatic rings. The van der Waals surface area contributed by atoms with Crippen LogP contribution in [0.15, 0.2) is 24.3 Å². The van der Waals surface area contributed by atoms with Gasteiger partial charge in [-0.3, -0.25) is 0 Å². The number of para-hydroxylation sites is 1. The van der Waals surface area contributed by atoms with E-state index in [9.17, 15) is 0 Å². The molecule has 0 unspecified atom stereocenters. The van der Waals surface area contributed by atoms with E-state index in [4.69, 9.17) is 39.0 Å². The molecule has 2 N–H and O–H groups in total. The second kappa shape index (κ2) is 3.23. The molecule has 0 fully saturated rings. The van der Waals surface area contributed by atoms with Gasteiger partial charge in [0.05, 0.1) is 0 Å². The average molecular weight is 227 g/mol. The van der Waals surface area contributed by atoms with E-state index in [1.54, 1.807) is 18.2 Å². The summed E-state index contributed by atoms with van der Waals surface area (Å²) in [7, 11) is 0. The molecule has 0 aromatic heterocycles. The maximum Gasteiger partial charge on any atom is 0.374 e. The van der Waals surface area contributed by atoms with Crippen molar-refractivity contribution in [1.82, 2.24) is 0 Å². The van der Waals surface area contributed by atoms with Crippen LogP contribution in [0.3, 0.4) is 0 Å². The zero-order valence-electron chi connectivity index (χ0n) is 5.52. The van der Waals surface area contributed by atoms with Gasteiger partial charge in [0.2, 0.25) is 0 Å². The van der Waals surface area contributed by atoms with E-state index in [2.05, 4.69) is 0 Å². The zero-order valence-corrected chi connectivity index (χ0v) is 8.79. The second-order valence-corrected chi connectivity index (χ2v) is 10.5. The van der Waals surface area contributed by atoms with Crippen molar-refractivity contribution in [3.05, 3.63) is 24.3 Å². The normalized spacial score (nSPS) is 11.5. The molecular formula is C6H6Cl3NSi. The van der Waals surface area contributed by atoms with Crippen molar-refractivity contribution in [2.75, 3.05) is 5.73 Å². The van der Waals surface area contributed by atoms with E-state index in [1.807, 2.05) is 6.07 Å². The van der Waals surface area contributed by atoms with Crippen LogP contribution in [-0.2, 0) is 0 Å². The Hall–Kier alpha value is 0.107. The quantitative estimate of drug-likeness (QED) is 0.443. The number of hydrogen-bond donors (Lipinski definition) is 1. The summed E-state index contributed by atoms with van der Waals surface area (Å²) in [6.07, 6.45) is 0. The van der Waals surface area contributed by atoms with E-state index in [1.165, 1.54) is 0 Å². The molecule has 1 nitrogen and oxygen atoms in total. The molecule has 60 valence electrons. The highest BCUT2D eigenvalue weighted by Gasteiger charge is 2.29. The van der Waals surface area contributed by atoms with Crippen molar-refractivity contribution >= 4 is 50.1 Å². The Labute approximate surface area is 80.2 Å². The molecule has 0 atom stereocenters. The molecule has 0 heterocycles. The van der Waals surface area contributed by atoms with E-state index in [0.29, 0.717) is 10.9 Å². The number of nitrogen functional groups attached to an aromatic ring is 1. The highest BCUT2D eigenvalue weighted by molar-refractivity contribution is 7.69. The van der Waals surface area contributed by atoms with Crippen LogP contribution in [0.25, 0.3) is 0 Å². The van der Waals surface area contributed by atoms with Crippen molar-refractivity contribution < 1.29 is 0 Å². The molecule has 0 aliphatic heterocycles. The van der Waals surface area contributed by atoms with Crippen LogP contribution in [0, 0.1) is 0 Å². The minimum Gasteiger partial charge on any atom is -0.399 e. The Kier molecular flexibility index (Phi) is 2.70. The lowest BCUT2D eigenvalue weighted by molar-refractivity contribution is 1.74. The number of anilines is 1. The van der Waals surface area contributed by atoms with Gasteiger partial charge in [-0.05, 0) is 6.07 Å². The largest absolute Gasteiger partial charge is 0.399 e. The molecule has 1 aromatic rings. The predicted molar refractivity (Wildman–Crippen MR) is 53.8 cm³/mol. The van der Waals surface area contributed by atoms with Crippen LogP contribution < -0.4 is 10.9 Å². The molecule has 0 radical (unpaired) electrons. The average Bonchev–Trinajstić information content (AvgIpc) is 1.86. The van der Waals surface area contributed by atoms with E-state index < -0.39 is 6.00 Å². The second-order valence-electron chi connectivity index (χ2n) is 2.09. The molecule has 11 heavy (non-hydrogen) atoms. The summed E-state index contributed by atoms with van der Waals surface area (Å²) in [4.78, 5) is 0. The van der Waals surface area contributed by atoms with Crippen molar-refractivity contribution in [1.29, 1.82) is 0 Å². The van der Waals surface area contributed by atoms with Gasteiger partial charge in [-0.2, -0.15) is 0 Å². The first-order chi connectivity index (χ1) is 5.02. The minimum atomic E-state index is -2.79. The summed E-state index contributed by atoms with van der Waals surface area (Å²) in [5, 5.41) is 0.657. The van der Waals surface area contributed by atoms with Crippen molar-refractivity contribution in [3.8, 4) is 0 Å². The van der Waals surface area contributed by atoms with Gasteiger partial charge >= 0.3 is 6.00 Å². The first-order valence-corrected chi connectivity index (χ1v) is 7.97. The summed E-state index contributed by atoms with van der Waals surface area (Å²) >= 11 is 17.3. The minimum absolute atomic E-state index is 0.555. The summed E-state index contributed by atoms with van der Waals surface area (Å²) in [6, 6.07) is 4.30. The van der Waals surface area contributed by atoms with Crippen LogP contribution in [0.4, 0.5) is 5.69 Å². The third-order valence-electron chi connectivity index (χ3n) is 1.27. The Morgan fingerprint density at radius 3 is 2.00 bits per heavy atom. The van der Waals surface area contributed by atoms with Crippen molar-refractivity contribution in [2.24, 2.45) is 0 Å². The fourth-order valence-electron chi connectivity index (χ4n) is 0.755. The molecule has 0 amide bonds. The van der Waals surface area contributed by atoms with Gasteiger partial charge in [0.25, 0.3) is 0 Å². The predicted octanol–water partition coefficient (Wildman–Crippen LogP) is 2.13. The lowest BCUT2D eigenvalue weighted by atomic mass is 10.3. The van der Waals surface area contributed by atoms with Crippen molar-refractivity contribution in [2.45, 2.75) is 0 Å². The Morgan fingerprint density at radius 1 is 1.09 bits per heavy atom. The summed E-state index contributed by atoms with van der Waals surface area (Å²) in [6.45, 7) is 0. The highest BCUT2D eigenvalue weighted by atomic mass is 35.8. The van der Waals surface area contributed by atoms with E-state index in [0.717, 1.165) is 0 Å². The summed E-state index contributed by atoms with van der Waals surface area (Å²) in [5.74, 6) is 0. The lowest BCUT2D eigenvalue weighted by Crippen LogP contribution is -2.32. The smallest absolute Gasteiger partial charge is 0.374 e. The highest BCUT2D eigenvalue weighted by Crippen LogP contribution is 2.21. The van der Waals surface area contributed by atoms with E-state index in [-0.39, 0.29) is 0 Å². The van der Waals surface area contributed by atoms with Gasteiger partial charge in [0.15, 0.2) is 0 Å². The molecule has 0 saturated carbocycles. The number of nitrogens with two attached hydrogens (primary N) is 1. The Balaban J connectivity index is 3.14. The SMILES string of the molecule is Nc1ccccc1[Si](Cl)(Cl)Cl. The van der Waals surface area contributed by atoms with E-state index >= 15 is 0 Å². The number of rotatable bonds is 1. The monoisotopic (exact) mass is 225 g/mol. The van der Waals surface area contributed by atoms with Gasteiger partial charge in [0, 0.05) is 10.9 Å². The molecule has 0 saturated heterocycles. The van der Waals surface area contributed by atoms with Gasteiger partial charge in [-0.15, -0.1) is 33.2 Å². The summed E-state index contributed by atoms with van der Waals surface area (Å²) < 4.78 is 0. The number of hydrogen-bond acceptors (Lipinski definition) is 1. The zero-order chi connectivity index (χ0) is 8.48. The third-order valence-corrected chi connectivity index (χ3v) is 4.16. The molecule has 0 spiro atoms. The standard InChI is InChI=1S/C6H6Cl3NSi/c7-11(8,9)6-4-2-1-3-5(6)10/h1-4H,10H2. The maximum absolute atomic E-state index is 5.75. The Bertz CT molecular complexity index is 258. The van der Waals surface area contributed by atoms with Crippen LogP contribution in [0.2, 0.25) is 0 Å². The van der Waals surface area contributed by atoms with Gasteiger partial charge in [0.1, 0.15) is 0 Å². The first kappa shape index (κ1) is 9.20. The summed E-state index contributed by atoms with van der Waals surface area (Å²) in [5.41, 5.74) is 6.14. The third kappa shape index (κ3) is 2.27.